The van der Waals surface area contributed by atoms with Crippen LogP contribution in [0.3, 0.4) is 0 Å². The molecule has 1 aliphatic rings. The lowest BCUT2D eigenvalue weighted by Gasteiger charge is -2.07. The molecule has 132 valence electrons. The highest BCUT2D eigenvalue weighted by Gasteiger charge is 2.20. The number of rotatable bonds is 5. The molecule has 0 unspecified atom stereocenters. The number of non-ortho nitro benzene ring substituents is 1. The number of nitrogens with zero attached hydrogens (tertiary/aromatic N) is 3. The molecule has 2 N–H and O–H groups in total. The van der Waals surface area contributed by atoms with Gasteiger partial charge >= 0.3 is 5.97 Å². The van der Waals surface area contributed by atoms with Gasteiger partial charge in [0.2, 0.25) is 0 Å². The molecule has 0 spiro atoms. The standard InChI is InChI=1S/C17H13N3O5S/c21-14-3-1-10(2-4-14)11-5-12(7-13(6-11)20(24)25)15-8-16(19-18-15)26-9-17(22)23/h1-7,21H,8-9H2,(H,22,23). The molecule has 0 amide bonds. The number of carbonyl (C=O) groups is 1. The second-order valence-electron chi connectivity index (χ2n) is 5.47. The second kappa shape index (κ2) is 7.36. The van der Waals surface area contributed by atoms with E-state index in [2.05, 4.69) is 10.2 Å². The Kier molecular flexibility index (Phi) is 4.99. The number of phenolic OH excluding ortho intramolecular Hbond substituents is 1. The third kappa shape index (κ3) is 4.06. The average Bonchev–Trinajstić information content (AvgIpc) is 3.09. The van der Waals surface area contributed by atoms with E-state index < -0.39 is 10.9 Å². The molecule has 0 fully saturated rings. The summed E-state index contributed by atoms with van der Waals surface area (Å²) in [5.41, 5.74) is 2.34. The van der Waals surface area contributed by atoms with Crippen molar-refractivity contribution in [2.75, 3.05) is 5.75 Å². The summed E-state index contributed by atoms with van der Waals surface area (Å²) in [6, 6.07) is 11.0. The molecule has 0 saturated carbocycles. The van der Waals surface area contributed by atoms with E-state index in [1.807, 2.05) is 0 Å². The van der Waals surface area contributed by atoms with Crippen molar-refractivity contribution in [2.45, 2.75) is 6.42 Å². The van der Waals surface area contributed by atoms with E-state index >= 15 is 0 Å². The first-order valence-corrected chi connectivity index (χ1v) is 8.48. The van der Waals surface area contributed by atoms with Gasteiger partial charge in [-0.2, -0.15) is 5.10 Å². The Hall–Kier alpha value is -3.20. The molecule has 8 nitrogen and oxygen atoms in total. The van der Waals surface area contributed by atoms with Gasteiger partial charge in [0.05, 0.1) is 16.4 Å². The predicted molar refractivity (Wildman–Crippen MR) is 98.9 cm³/mol. The van der Waals surface area contributed by atoms with E-state index in [1.165, 1.54) is 24.3 Å². The monoisotopic (exact) mass is 371 g/mol. The largest absolute Gasteiger partial charge is 0.508 e. The zero-order chi connectivity index (χ0) is 18.7. The molecule has 0 saturated heterocycles. The molecule has 0 bridgehead atoms. The lowest BCUT2D eigenvalue weighted by atomic mass is 9.99. The maximum absolute atomic E-state index is 11.3. The zero-order valence-electron chi connectivity index (χ0n) is 13.3. The first-order valence-electron chi connectivity index (χ1n) is 7.49. The Labute approximate surface area is 152 Å². The van der Waals surface area contributed by atoms with Gasteiger partial charge in [0.25, 0.3) is 5.69 Å². The van der Waals surface area contributed by atoms with Crippen molar-refractivity contribution in [1.82, 2.24) is 0 Å². The lowest BCUT2D eigenvalue weighted by molar-refractivity contribution is -0.384. The number of aromatic hydroxyl groups is 1. The minimum atomic E-state index is -0.948. The first kappa shape index (κ1) is 17.6. The summed E-state index contributed by atoms with van der Waals surface area (Å²) >= 11 is 1.08. The topological polar surface area (TPSA) is 125 Å². The summed E-state index contributed by atoms with van der Waals surface area (Å²) in [6.45, 7) is 0. The number of hydrogen-bond donors (Lipinski definition) is 2. The fraction of sp³-hybridized carbons (Fsp3) is 0.118. The molecule has 0 aliphatic carbocycles. The van der Waals surface area contributed by atoms with E-state index in [9.17, 15) is 20.0 Å². The Morgan fingerprint density at radius 2 is 1.81 bits per heavy atom. The summed E-state index contributed by atoms with van der Waals surface area (Å²) < 4.78 is 0. The van der Waals surface area contributed by atoms with Crippen LogP contribution in [0.4, 0.5) is 5.69 Å². The smallest absolute Gasteiger partial charge is 0.313 e. The van der Waals surface area contributed by atoms with E-state index in [0.717, 1.165) is 11.8 Å². The highest BCUT2D eigenvalue weighted by molar-refractivity contribution is 8.14. The van der Waals surface area contributed by atoms with Gasteiger partial charge in [0.15, 0.2) is 0 Å². The van der Waals surface area contributed by atoms with E-state index in [0.29, 0.717) is 33.9 Å². The van der Waals surface area contributed by atoms with Gasteiger partial charge < -0.3 is 10.2 Å². The van der Waals surface area contributed by atoms with Crippen molar-refractivity contribution < 1.29 is 19.9 Å². The van der Waals surface area contributed by atoms with Gasteiger partial charge in [-0.3, -0.25) is 14.9 Å². The van der Waals surface area contributed by atoms with Gasteiger partial charge in [-0.15, -0.1) is 5.10 Å². The van der Waals surface area contributed by atoms with Crippen LogP contribution in [0.1, 0.15) is 12.0 Å². The van der Waals surface area contributed by atoms with Gasteiger partial charge in [0, 0.05) is 24.1 Å². The number of nitro groups is 1. The molecule has 3 rings (SSSR count). The van der Waals surface area contributed by atoms with Crippen LogP contribution < -0.4 is 0 Å². The summed E-state index contributed by atoms with van der Waals surface area (Å²) in [5.74, 6) is -0.959. The van der Waals surface area contributed by atoms with Gasteiger partial charge in [0.1, 0.15) is 10.8 Å². The Morgan fingerprint density at radius 3 is 2.46 bits per heavy atom. The molecule has 1 aliphatic heterocycles. The Bertz CT molecular complexity index is 938. The summed E-state index contributed by atoms with van der Waals surface area (Å²) in [4.78, 5) is 21.4. The molecular formula is C17H13N3O5S. The minimum absolute atomic E-state index is 0.0834. The highest BCUT2D eigenvalue weighted by atomic mass is 32.2. The third-order valence-electron chi connectivity index (χ3n) is 3.63. The van der Waals surface area contributed by atoms with Crippen LogP contribution in [0.15, 0.2) is 52.7 Å². The number of phenols is 1. The number of carboxylic acids is 1. The molecule has 26 heavy (non-hydrogen) atoms. The van der Waals surface area contributed by atoms with Crippen molar-refractivity contribution in [3.8, 4) is 16.9 Å². The molecule has 9 heteroatoms. The quantitative estimate of drug-likeness (QED) is 0.613. The summed E-state index contributed by atoms with van der Waals surface area (Å²) in [5, 5.41) is 38.0. The van der Waals surface area contributed by atoms with Crippen LogP contribution in [0.5, 0.6) is 5.75 Å². The Morgan fingerprint density at radius 1 is 1.12 bits per heavy atom. The Balaban J connectivity index is 1.89. The van der Waals surface area contributed by atoms with E-state index in [4.69, 9.17) is 5.11 Å². The number of carboxylic acid groups (broad SMARTS) is 1. The van der Waals surface area contributed by atoms with Gasteiger partial charge in [-0.25, -0.2) is 0 Å². The first-order chi connectivity index (χ1) is 12.4. The fourth-order valence-corrected chi connectivity index (χ4v) is 3.05. The molecular weight excluding hydrogens is 358 g/mol. The van der Waals surface area contributed by atoms with Crippen LogP contribution >= 0.6 is 11.8 Å². The molecule has 2 aromatic rings. The molecule has 1 heterocycles. The van der Waals surface area contributed by atoms with Crippen molar-refractivity contribution in [1.29, 1.82) is 0 Å². The average molecular weight is 371 g/mol. The summed E-state index contributed by atoms with van der Waals surface area (Å²) in [6.07, 6.45) is 0.328. The van der Waals surface area contributed by atoms with Crippen LogP contribution in [-0.2, 0) is 4.79 Å². The zero-order valence-corrected chi connectivity index (χ0v) is 14.1. The van der Waals surface area contributed by atoms with Crippen LogP contribution in [0, 0.1) is 10.1 Å². The molecule has 0 aromatic heterocycles. The number of thioether (sulfide) groups is 1. The maximum Gasteiger partial charge on any atom is 0.313 e. The molecule has 2 aromatic carbocycles. The maximum atomic E-state index is 11.3. The summed E-state index contributed by atoms with van der Waals surface area (Å²) in [7, 11) is 0. The van der Waals surface area contributed by atoms with Crippen molar-refractivity contribution in [2.24, 2.45) is 10.2 Å². The second-order valence-corrected chi connectivity index (χ2v) is 6.52. The van der Waals surface area contributed by atoms with Crippen molar-refractivity contribution in [3.05, 3.63) is 58.1 Å². The van der Waals surface area contributed by atoms with Crippen molar-refractivity contribution >= 4 is 34.2 Å². The minimum Gasteiger partial charge on any atom is -0.508 e. The molecule has 0 radical (unpaired) electrons. The van der Waals surface area contributed by atoms with Gasteiger partial charge in [-0.05, 0) is 29.3 Å². The third-order valence-corrected chi connectivity index (χ3v) is 4.58. The van der Waals surface area contributed by atoms with E-state index in [1.54, 1.807) is 18.2 Å². The highest BCUT2D eigenvalue weighted by Crippen LogP contribution is 2.29. The molecule has 0 atom stereocenters. The fourth-order valence-electron chi connectivity index (χ4n) is 2.42. The lowest BCUT2D eigenvalue weighted by Crippen LogP contribution is -2.06. The predicted octanol–water partition coefficient (Wildman–Crippen LogP) is 3.29. The normalized spacial score (nSPS) is 13.2. The van der Waals surface area contributed by atoms with Crippen LogP contribution in [-0.4, -0.2) is 37.6 Å². The number of aliphatic carboxylic acids is 1. The number of nitro benzene ring substituents is 1. The number of benzene rings is 2. The number of hydrogen-bond acceptors (Lipinski definition) is 7. The SMILES string of the molecule is O=C(O)CSC1=NN=C(c2cc(-c3ccc(O)cc3)cc([N+](=O)[O-])c2)C1. The van der Waals surface area contributed by atoms with Crippen molar-refractivity contribution in [3.63, 3.8) is 0 Å². The van der Waals surface area contributed by atoms with Gasteiger partial charge in [-0.1, -0.05) is 23.9 Å². The van der Waals surface area contributed by atoms with E-state index in [-0.39, 0.29) is 17.2 Å². The van der Waals surface area contributed by atoms with Crippen LogP contribution in [0.25, 0.3) is 11.1 Å². The van der Waals surface area contributed by atoms with Crippen LogP contribution in [0.2, 0.25) is 0 Å².